The van der Waals surface area contributed by atoms with E-state index >= 15 is 4.39 Å². The van der Waals surface area contributed by atoms with Gasteiger partial charge in [0.2, 0.25) is 5.82 Å². The number of ether oxygens (including phenoxy) is 1. The van der Waals surface area contributed by atoms with Gasteiger partial charge in [0.1, 0.15) is 6.61 Å². The van der Waals surface area contributed by atoms with Crippen LogP contribution in [-0.4, -0.2) is 61.3 Å². The van der Waals surface area contributed by atoms with Crippen LogP contribution < -0.4 is 4.74 Å². The van der Waals surface area contributed by atoms with Gasteiger partial charge in [-0.25, -0.2) is 14.4 Å². The van der Waals surface area contributed by atoms with Crippen molar-refractivity contribution in [1.29, 1.82) is 0 Å². The molecule has 196 valence electrons. The number of allylic oxidation sites excluding steroid dienone is 3. The molecule has 0 spiro atoms. The summed E-state index contributed by atoms with van der Waals surface area (Å²) in [5.74, 6) is -1.80. The molecule has 0 amide bonds. The van der Waals surface area contributed by atoms with E-state index in [1.54, 1.807) is 12.1 Å². The van der Waals surface area contributed by atoms with Crippen molar-refractivity contribution in [3.63, 3.8) is 0 Å². The van der Waals surface area contributed by atoms with Crippen molar-refractivity contribution in [2.75, 3.05) is 40.3 Å². The molecule has 0 saturated carbocycles. The number of hydrogen-bond acceptors (Lipinski definition) is 4. The Bertz CT molecular complexity index is 913. The molecule has 1 atom stereocenters. The van der Waals surface area contributed by atoms with Gasteiger partial charge < -0.3 is 4.74 Å². The zero-order valence-corrected chi connectivity index (χ0v) is 22.9. The molecule has 0 bridgehead atoms. The summed E-state index contributed by atoms with van der Waals surface area (Å²) in [6.45, 7) is 22.0. The van der Waals surface area contributed by atoms with Crippen molar-refractivity contribution in [1.82, 2.24) is 14.9 Å². The van der Waals surface area contributed by atoms with E-state index in [1.165, 1.54) is 19.3 Å². The van der Waals surface area contributed by atoms with Crippen molar-refractivity contribution in [2.45, 2.75) is 66.5 Å². The fourth-order valence-electron chi connectivity index (χ4n) is 5.14. The van der Waals surface area contributed by atoms with E-state index in [-0.39, 0.29) is 23.8 Å². The zero-order chi connectivity index (χ0) is 26.3. The summed E-state index contributed by atoms with van der Waals surface area (Å²) in [5, 5.41) is 4.01. The highest BCUT2D eigenvalue weighted by Gasteiger charge is 2.33. The second-order valence-corrected chi connectivity index (χ2v) is 10.8. The first-order valence-electron chi connectivity index (χ1n) is 12.6. The molecule has 1 heterocycles. The molecule has 0 N–H and O–H groups in total. The first kappa shape index (κ1) is 29.2. The van der Waals surface area contributed by atoms with E-state index in [2.05, 4.69) is 50.8 Å². The van der Waals surface area contributed by atoms with E-state index in [0.717, 1.165) is 36.4 Å². The average Bonchev–Trinajstić information content (AvgIpc) is 2.78. The van der Waals surface area contributed by atoms with Gasteiger partial charge in [0.15, 0.2) is 11.6 Å². The van der Waals surface area contributed by atoms with Gasteiger partial charge in [0.25, 0.3) is 0 Å². The summed E-state index contributed by atoms with van der Waals surface area (Å²) in [7, 11) is 3.87. The maximum atomic E-state index is 15.0. The Hall–Kier alpha value is -2.02. The summed E-state index contributed by atoms with van der Waals surface area (Å²) in [5.41, 5.74) is 3.28. The minimum absolute atomic E-state index is 0.00232. The third kappa shape index (κ3) is 7.73. The number of likely N-dealkylation sites (N-methyl/N-ethyl adjacent to an activating group) is 1. The van der Waals surface area contributed by atoms with Gasteiger partial charge in [-0.2, -0.15) is 4.39 Å². The van der Waals surface area contributed by atoms with Crippen LogP contribution in [0, 0.1) is 17.0 Å². The molecule has 1 aliphatic heterocycles. The van der Waals surface area contributed by atoms with Crippen LogP contribution in [0.15, 0.2) is 48.1 Å². The molecule has 4 nitrogen and oxygen atoms in total. The lowest BCUT2D eigenvalue weighted by Gasteiger charge is -2.44. The van der Waals surface area contributed by atoms with Gasteiger partial charge in [-0.3, -0.25) is 4.90 Å². The Kier molecular flexibility index (Phi) is 10.7. The number of likely N-dealkylation sites (tertiary alicyclic amines) is 1. The van der Waals surface area contributed by atoms with Crippen LogP contribution in [0.3, 0.4) is 0 Å². The summed E-state index contributed by atoms with van der Waals surface area (Å²) >= 11 is 0. The van der Waals surface area contributed by atoms with Gasteiger partial charge in [-0.1, -0.05) is 58.1 Å². The van der Waals surface area contributed by atoms with Crippen molar-refractivity contribution in [3.05, 3.63) is 65.3 Å². The third-order valence-electron chi connectivity index (χ3n) is 6.87. The molecule has 1 saturated heterocycles. The van der Waals surface area contributed by atoms with Crippen molar-refractivity contribution in [3.8, 4) is 5.75 Å². The van der Waals surface area contributed by atoms with Gasteiger partial charge in [-0.05, 0) is 62.4 Å². The Morgan fingerprint density at radius 2 is 1.74 bits per heavy atom. The smallest absolute Gasteiger partial charge is 0.200 e. The molecule has 2 rings (SSSR count). The van der Waals surface area contributed by atoms with Crippen LogP contribution in [-0.2, 0) is 6.54 Å². The molecular formula is C29H45F2N3O. The predicted octanol–water partition coefficient (Wildman–Crippen LogP) is 6.60. The molecule has 0 aliphatic carbocycles. The molecular weight excluding hydrogens is 444 g/mol. The number of hydrogen-bond donors (Lipinski definition) is 0. The van der Waals surface area contributed by atoms with Gasteiger partial charge in [0, 0.05) is 32.7 Å². The number of nitrogens with zero attached hydrogens (tertiary/aromatic N) is 3. The van der Waals surface area contributed by atoms with Gasteiger partial charge >= 0.3 is 0 Å². The zero-order valence-electron chi connectivity index (χ0n) is 22.9. The molecule has 0 aromatic heterocycles. The van der Waals surface area contributed by atoms with Gasteiger partial charge in [0.05, 0.1) is 6.04 Å². The second kappa shape index (κ2) is 12.8. The average molecular weight is 490 g/mol. The fourth-order valence-corrected chi connectivity index (χ4v) is 5.14. The van der Waals surface area contributed by atoms with Crippen LogP contribution >= 0.6 is 0 Å². The summed E-state index contributed by atoms with van der Waals surface area (Å²) in [4.78, 5) is 2.31. The minimum atomic E-state index is -0.920. The van der Waals surface area contributed by atoms with E-state index in [0.29, 0.717) is 12.2 Å². The topological polar surface area (TPSA) is 19.0 Å². The Morgan fingerprint density at radius 3 is 2.29 bits per heavy atom. The minimum Gasteiger partial charge on any atom is -0.489 e. The Labute approximate surface area is 211 Å². The highest BCUT2D eigenvalue weighted by molar-refractivity contribution is 5.41. The van der Waals surface area contributed by atoms with Crippen LogP contribution in [0.1, 0.15) is 59.4 Å². The molecule has 1 aromatic carbocycles. The number of rotatable bonds is 11. The van der Waals surface area contributed by atoms with Crippen LogP contribution in [0.25, 0.3) is 0 Å². The monoisotopic (exact) mass is 489 g/mol. The highest BCUT2D eigenvalue weighted by Crippen LogP contribution is 2.34. The van der Waals surface area contributed by atoms with Crippen molar-refractivity contribution >= 4 is 0 Å². The molecule has 6 heteroatoms. The molecule has 1 unspecified atom stereocenters. The molecule has 1 fully saturated rings. The highest BCUT2D eigenvalue weighted by atomic mass is 19.2. The first-order chi connectivity index (χ1) is 16.4. The fraction of sp³-hybridized carbons (Fsp3) is 0.586. The van der Waals surface area contributed by atoms with Crippen LogP contribution in [0.4, 0.5) is 8.78 Å². The SMILES string of the molecule is C=C/C(C(=C)C)=C(/C)C(N(C)N(C)Cc1ccc(OCCN2CCCCC2)c(F)c1F)C(C)(C)C. The van der Waals surface area contributed by atoms with Crippen molar-refractivity contribution < 1.29 is 13.5 Å². The van der Waals surface area contributed by atoms with Crippen LogP contribution in [0.5, 0.6) is 5.75 Å². The lowest BCUT2D eigenvalue weighted by atomic mass is 9.80. The molecule has 35 heavy (non-hydrogen) atoms. The van der Waals surface area contributed by atoms with E-state index < -0.39 is 11.6 Å². The largest absolute Gasteiger partial charge is 0.489 e. The lowest BCUT2D eigenvalue weighted by Crippen LogP contribution is -2.50. The predicted molar refractivity (Wildman–Crippen MR) is 142 cm³/mol. The number of piperidine rings is 1. The number of benzene rings is 1. The second-order valence-electron chi connectivity index (χ2n) is 10.8. The first-order valence-corrected chi connectivity index (χ1v) is 12.6. The van der Waals surface area contributed by atoms with Gasteiger partial charge in [-0.15, -0.1) is 0 Å². The Morgan fingerprint density at radius 1 is 1.11 bits per heavy atom. The van der Waals surface area contributed by atoms with E-state index in [1.807, 2.05) is 32.1 Å². The quantitative estimate of drug-likeness (QED) is 0.257. The third-order valence-corrected chi connectivity index (χ3v) is 6.87. The standard InChI is InChI=1S/C29H45F2N3O/c1-10-24(21(2)3)22(4)28(29(5,6)7)33(9)32(8)20-23-14-15-25(27(31)26(23)30)35-19-18-34-16-12-11-13-17-34/h10,14-15,28H,1-2,11-13,16-20H2,3-9H3/b24-22+. The van der Waals surface area contributed by atoms with Crippen LogP contribution in [0.2, 0.25) is 0 Å². The molecule has 1 aliphatic rings. The molecule has 0 radical (unpaired) electrons. The summed E-state index contributed by atoms with van der Waals surface area (Å²) in [6, 6.07) is 3.17. The lowest BCUT2D eigenvalue weighted by molar-refractivity contribution is -0.0449. The van der Waals surface area contributed by atoms with Crippen molar-refractivity contribution in [2.24, 2.45) is 5.41 Å². The summed E-state index contributed by atoms with van der Waals surface area (Å²) < 4.78 is 35.4. The van der Waals surface area contributed by atoms with E-state index in [9.17, 15) is 4.39 Å². The number of halogens is 2. The number of hydrazine groups is 1. The maximum absolute atomic E-state index is 15.0. The maximum Gasteiger partial charge on any atom is 0.200 e. The normalized spacial score (nSPS) is 16.9. The Balaban J connectivity index is 2.15. The van der Waals surface area contributed by atoms with E-state index in [4.69, 9.17) is 4.74 Å². The summed E-state index contributed by atoms with van der Waals surface area (Å²) in [6.07, 6.45) is 5.47. The molecule has 1 aromatic rings.